The number of benzene rings is 1. The minimum atomic E-state index is -0.255. The van der Waals surface area contributed by atoms with Crippen LogP contribution in [0, 0.1) is 0 Å². The molecule has 0 aliphatic heterocycles. The third-order valence-electron chi connectivity index (χ3n) is 1.40. The third kappa shape index (κ3) is 2.90. The predicted octanol–water partition coefficient (Wildman–Crippen LogP) is 2.85. The topological polar surface area (TPSA) is 41.1 Å². The van der Waals surface area contributed by atoms with E-state index in [1.165, 1.54) is 0 Å². The smallest absolute Gasteiger partial charge is 0.318 e. The van der Waals surface area contributed by atoms with Gasteiger partial charge in [-0.25, -0.2) is 4.79 Å². The van der Waals surface area contributed by atoms with Crippen LogP contribution in [-0.2, 0) is 0 Å². The number of urea groups is 1. The van der Waals surface area contributed by atoms with Crippen molar-refractivity contribution >= 4 is 39.2 Å². The molecule has 0 saturated heterocycles. The van der Waals surface area contributed by atoms with Gasteiger partial charge >= 0.3 is 6.03 Å². The minimum Gasteiger partial charge on any atom is -0.341 e. The lowest BCUT2D eigenvalue weighted by atomic mass is 10.3. The summed E-state index contributed by atoms with van der Waals surface area (Å²) in [5, 5.41) is 5.68. The first-order chi connectivity index (χ1) is 6.13. The first kappa shape index (κ1) is 10.3. The van der Waals surface area contributed by atoms with E-state index >= 15 is 0 Å². The highest BCUT2D eigenvalue weighted by Crippen LogP contribution is 2.25. The molecular weight excluding hydrogens is 255 g/mol. The highest BCUT2D eigenvalue weighted by molar-refractivity contribution is 9.10. The molecule has 5 heteroatoms. The van der Waals surface area contributed by atoms with Crippen LogP contribution >= 0.6 is 27.5 Å². The molecule has 0 bridgehead atoms. The molecule has 0 fully saturated rings. The van der Waals surface area contributed by atoms with Crippen molar-refractivity contribution in [3.05, 3.63) is 27.7 Å². The fourth-order valence-corrected chi connectivity index (χ4v) is 1.26. The van der Waals surface area contributed by atoms with Gasteiger partial charge in [0.1, 0.15) is 0 Å². The number of hydrogen-bond acceptors (Lipinski definition) is 1. The number of nitrogens with one attached hydrogen (secondary N) is 2. The van der Waals surface area contributed by atoms with E-state index in [0.29, 0.717) is 10.7 Å². The average Bonchev–Trinajstić information content (AvgIpc) is 2.11. The fourth-order valence-electron chi connectivity index (χ4n) is 0.767. The molecule has 1 aromatic carbocycles. The van der Waals surface area contributed by atoms with Gasteiger partial charge in [0.25, 0.3) is 0 Å². The molecule has 13 heavy (non-hydrogen) atoms. The number of hydrogen-bond donors (Lipinski definition) is 2. The van der Waals surface area contributed by atoms with Crippen molar-refractivity contribution in [1.82, 2.24) is 5.32 Å². The third-order valence-corrected chi connectivity index (χ3v) is 2.62. The summed E-state index contributed by atoms with van der Waals surface area (Å²) in [7, 11) is 1.56. The van der Waals surface area contributed by atoms with Gasteiger partial charge in [-0.3, -0.25) is 0 Å². The summed E-state index contributed by atoms with van der Waals surface area (Å²) in [6.45, 7) is 0. The second kappa shape index (κ2) is 4.48. The van der Waals surface area contributed by atoms with E-state index in [2.05, 4.69) is 26.6 Å². The maximum absolute atomic E-state index is 10.9. The molecule has 0 heterocycles. The lowest BCUT2D eigenvalue weighted by Crippen LogP contribution is -2.24. The Morgan fingerprint density at radius 3 is 2.77 bits per heavy atom. The number of anilines is 1. The Bertz CT molecular complexity index is 330. The van der Waals surface area contributed by atoms with Crippen LogP contribution in [0.5, 0.6) is 0 Å². The quantitative estimate of drug-likeness (QED) is 0.804. The molecule has 2 amide bonds. The molecule has 0 radical (unpaired) electrons. The molecule has 0 aromatic heterocycles. The predicted molar refractivity (Wildman–Crippen MR) is 57.2 cm³/mol. The van der Waals surface area contributed by atoms with Gasteiger partial charge in [0.15, 0.2) is 0 Å². The van der Waals surface area contributed by atoms with Crippen molar-refractivity contribution < 1.29 is 4.79 Å². The van der Waals surface area contributed by atoms with E-state index in [-0.39, 0.29) is 6.03 Å². The summed E-state index contributed by atoms with van der Waals surface area (Å²) in [5.41, 5.74) is 0.690. The van der Waals surface area contributed by atoms with Gasteiger partial charge in [0, 0.05) is 17.2 Å². The summed E-state index contributed by atoms with van der Waals surface area (Å²) in [4.78, 5) is 10.9. The van der Waals surface area contributed by atoms with Crippen LogP contribution < -0.4 is 10.6 Å². The zero-order valence-electron chi connectivity index (χ0n) is 6.90. The second-order valence-electron chi connectivity index (χ2n) is 2.33. The monoisotopic (exact) mass is 262 g/mol. The Balaban J connectivity index is 2.79. The van der Waals surface area contributed by atoms with Crippen molar-refractivity contribution in [1.29, 1.82) is 0 Å². The highest BCUT2D eigenvalue weighted by atomic mass is 79.9. The number of carbonyl (C=O) groups is 1. The van der Waals surface area contributed by atoms with Gasteiger partial charge < -0.3 is 10.6 Å². The maximum atomic E-state index is 10.9. The van der Waals surface area contributed by atoms with Crippen molar-refractivity contribution in [2.75, 3.05) is 12.4 Å². The standard InChI is InChI=1S/C8H8BrClN2O/c1-11-8(13)12-5-2-3-7(10)6(9)4-5/h2-4H,1H3,(H2,11,12,13). The van der Waals surface area contributed by atoms with Gasteiger partial charge in [-0.1, -0.05) is 11.6 Å². The van der Waals surface area contributed by atoms with Crippen LogP contribution in [0.1, 0.15) is 0 Å². The van der Waals surface area contributed by atoms with Gasteiger partial charge in [0.2, 0.25) is 0 Å². The van der Waals surface area contributed by atoms with Crippen LogP contribution in [0.15, 0.2) is 22.7 Å². The SMILES string of the molecule is CNC(=O)Nc1ccc(Cl)c(Br)c1. The number of amides is 2. The summed E-state index contributed by atoms with van der Waals surface area (Å²) in [6.07, 6.45) is 0. The number of halogens is 2. The zero-order chi connectivity index (χ0) is 9.84. The molecular formula is C8H8BrClN2O. The molecule has 0 saturated carbocycles. The normalized spacial score (nSPS) is 9.46. The summed E-state index contributed by atoms with van der Waals surface area (Å²) < 4.78 is 0.753. The van der Waals surface area contributed by atoms with Crippen LogP contribution in [0.3, 0.4) is 0 Å². The first-order valence-electron chi connectivity index (χ1n) is 3.57. The molecule has 70 valence electrons. The number of rotatable bonds is 1. The first-order valence-corrected chi connectivity index (χ1v) is 4.74. The van der Waals surface area contributed by atoms with Crippen molar-refractivity contribution in [2.24, 2.45) is 0 Å². The molecule has 0 spiro atoms. The van der Waals surface area contributed by atoms with Gasteiger partial charge in [-0.15, -0.1) is 0 Å². The van der Waals surface area contributed by atoms with Crippen LogP contribution in [0.4, 0.5) is 10.5 Å². The average molecular weight is 264 g/mol. The molecule has 2 N–H and O–H groups in total. The van der Waals surface area contributed by atoms with Crippen LogP contribution in [0.2, 0.25) is 5.02 Å². The molecule has 0 atom stereocenters. The lowest BCUT2D eigenvalue weighted by molar-refractivity contribution is 0.254. The molecule has 3 nitrogen and oxygen atoms in total. The van der Waals surface area contributed by atoms with E-state index in [0.717, 1.165) is 4.47 Å². The molecule has 0 unspecified atom stereocenters. The molecule has 0 aliphatic rings. The Kier molecular flexibility index (Phi) is 3.57. The largest absolute Gasteiger partial charge is 0.341 e. The van der Waals surface area contributed by atoms with E-state index in [1.807, 2.05) is 0 Å². The van der Waals surface area contributed by atoms with E-state index in [4.69, 9.17) is 11.6 Å². The van der Waals surface area contributed by atoms with Gasteiger partial charge in [-0.05, 0) is 34.1 Å². The molecule has 1 aromatic rings. The van der Waals surface area contributed by atoms with E-state index < -0.39 is 0 Å². The number of carbonyl (C=O) groups excluding carboxylic acids is 1. The van der Waals surface area contributed by atoms with Gasteiger partial charge in [0.05, 0.1) is 5.02 Å². The fraction of sp³-hybridized carbons (Fsp3) is 0.125. The summed E-state index contributed by atoms with van der Waals surface area (Å²) in [5.74, 6) is 0. The summed E-state index contributed by atoms with van der Waals surface area (Å²) >= 11 is 9.03. The molecule has 0 aliphatic carbocycles. The maximum Gasteiger partial charge on any atom is 0.318 e. The zero-order valence-corrected chi connectivity index (χ0v) is 9.24. The summed E-state index contributed by atoms with van der Waals surface area (Å²) in [6, 6.07) is 4.91. The van der Waals surface area contributed by atoms with Crippen molar-refractivity contribution in [3.63, 3.8) is 0 Å². The Hall–Kier alpha value is -0.740. The van der Waals surface area contributed by atoms with Crippen molar-refractivity contribution in [2.45, 2.75) is 0 Å². The van der Waals surface area contributed by atoms with E-state index in [1.54, 1.807) is 25.2 Å². The molecule has 1 rings (SSSR count). The lowest BCUT2D eigenvalue weighted by Gasteiger charge is -2.04. The minimum absolute atomic E-state index is 0.255. The highest BCUT2D eigenvalue weighted by Gasteiger charge is 2.01. The second-order valence-corrected chi connectivity index (χ2v) is 3.59. The van der Waals surface area contributed by atoms with Gasteiger partial charge in [-0.2, -0.15) is 0 Å². The Morgan fingerprint density at radius 2 is 2.23 bits per heavy atom. The van der Waals surface area contributed by atoms with Crippen LogP contribution in [-0.4, -0.2) is 13.1 Å². The van der Waals surface area contributed by atoms with Crippen molar-refractivity contribution in [3.8, 4) is 0 Å². The Labute approximate surface area is 89.6 Å². The Morgan fingerprint density at radius 1 is 1.54 bits per heavy atom. The van der Waals surface area contributed by atoms with E-state index in [9.17, 15) is 4.79 Å². The van der Waals surface area contributed by atoms with Crippen LogP contribution in [0.25, 0.3) is 0 Å².